The third kappa shape index (κ3) is 2.01. The van der Waals surface area contributed by atoms with E-state index in [9.17, 15) is 0 Å². The van der Waals surface area contributed by atoms with Crippen LogP contribution in [0.3, 0.4) is 0 Å². The highest BCUT2D eigenvalue weighted by molar-refractivity contribution is 5.92. The van der Waals surface area contributed by atoms with E-state index in [1.165, 1.54) is 6.33 Å². The van der Waals surface area contributed by atoms with Gasteiger partial charge in [-0.15, -0.1) is 0 Å². The Labute approximate surface area is 122 Å². The molecule has 0 bridgehead atoms. The standard InChI is InChI=1S/C16H15N5/c1-10-11(2)21(16-14(10)15(18)19-9-20-16)13-5-3-12(4-6-13)7-8-17/h3-6,9H,7H2,1-2H3,(H2,18,19,20). The molecule has 3 rings (SSSR count). The summed E-state index contributed by atoms with van der Waals surface area (Å²) in [5.41, 5.74) is 11.0. The van der Waals surface area contributed by atoms with Gasteiger partial charge in [0, 0.05) is 11.4 Å². The second kappa shape index (κ2) is 4.91. The van der Waals surface area contributed by atoms with Crippen LogP contribution in [-0.4, -0.2) is 14.5 Å². The smallest absolute Gasteiger partial charge is 0.150 e. The van der Waals surface area contributed by atoms with E-state index in [0.29, 0.717) is 12.2 Å². The summed E-state index contributed by atoms with van der Waals surface area (Å²) in [5, 5.41) is 9.64. The molecule has 104 valence electrons. The molecule has 21 heavy (non-hydrogen) atoms. The second-order valence-electron chi connectivity index (χ2n) is 5.00. The number of hydrogen-bond acceptors (Lipinski definition) is 4. The lowest BCUT2D eigenvalue weighted by Gasteiger charge is -2.08. The molecule has 2 N–H and O–H groups in total. The number of rotatable bonds is 2. The molecule has 2 aromatic heterocycles. The molecule has 0 atom stereocenters. The Hall–Kier alpha value is -2.87. The molecule has 0 saturated carbocycles. The molecule has 0 saturated heterocycles. The van der Waals surface area contributed by atoms with Gasteiger partial charge in [0.25, 0.3) is 0 Å². The largest absolute Gasteiger partial charge is 0.383 e. The Bertz CT molecular complexity index is 853. The predicted molar refractivity (Wildman–Crippen MR) is 82.1 cm³/mol. The average molecular weight is 277 g/mol. The van der Waals surface area contributed by atoms with Crippen molar-refractivity contribution < 1.29 is 0 Å². The van der Waals surface area contributed by atoms with Gasteiger partial charge in [0.05, 0.1) is 17.9 Å². The lowest BCUT2D eigenvalue weighted by Crippen LogP contribution is -1.99. The summed E-state index contributed by atoms with van der Waals surface area (Å²) in [4.78, 5) is 8.45. The number of nitriles is 1. The molecule has 0 unspecified atom stereocenters. The van der Waals surface area contributed by atoms with Crippen LogP contribution in [0.1, 0.15) is 16.8 Å². The van der Waals surface area contributed by atoms with E-state index in [1.807, 2.05) is 38.1 Å². The highest BCUT2D eigenvalue weighted by Gasteiger charge is 2.16. The number of fused-ring (bicyclic) bond motifs is 1. The van der Waals surface area contributed by atoms with Gasteiger partial charge in [0.15, 0.2) is 5.65 Å². The number of nitrogen functional groups attached to an aromatic ring is 1. The first-order valence-electron chi connectivity index (χ1n) is 6.68. The number of anilines is 1. The van der Waals surface area contributed by atoms with Crippen molar-refractivity contribution in [2.75, 3.05) is 5.73 Å². The Morgan fingerprint density at radius 1 is 1.19 bits per heavy atom. The summed E-state index contributed by atoms with van der Waals surface area (Å²) in [6.07, 6.45) is 1.90. The third-order valence-corrected chi connectivity index (χ3v) is 3.80. The number of benzene rings is 1. The summed E-state index contributed by atoms with van der Waals surface area (Å²) in [6, 6.07) is 10.1. The maximum absolute atomic E-state index is 8.74. The molecule has 0 fully saturated rings. The van der Waals surface area contributed by atoms with E-state index in [1.54, 1.807) is 0 Å². The molecule has 0 aliphatic rings. The van der Waals surface area contributed by atoms with Gasteiger partial charge in [0.1, 0.15) is 12.1 Å². The van der Waals surface area contributed by atoms with E-state index in [4.69, 9.17) is 11.0 Å². The molecule has 0 aliphatic carbocycles. The van der Waals surface area contributed by atoms with E-state index >= 15 is 0 Å². The zero-order chi connectivity index (χ0) is 15.0. The topological polar surface area (TPSA) is 80.5 Å². The van der Waals surface area contributed by atoms with Crippen LogP contribution < -0.4 is 5.73 Å². The van der Waals surface area contributed by atoms with Gasteiger partial charge in [0.2, 0.25) is 0 Å². The first-order chi connectivity index (χ1) is 10.1. The first-order valence-corrected chi connectivity index (χ1v) is 6.68. The average Bonchev–Trinajstić information content (AvgIpc) is 2.74. The highest BCUT2D eigenvalue weighted by atomic mass is 15.1. The van der Waals surface area contributed by atoms with Gasteiger partial charge in [-0.1, -0.05) is 12.1 Å². The van der Waals surface area contributed by atoms with Crippen LogP contribution in [0.2, 0.25) is 0 Å². The van der Waals surface area contributed by atoms with Crippen LogP contribution >= 0.6 is 0 Å². The van der Waals surface area contributed by atoms with Gasteiger partial charge in [-0.25, -0.2) is 9.97 Å². The Kier molecular flexibility index (Phi) is 3.07. The number of nitrogens with two attached hydrogens (primary N) is 1. The van der Waals surface area contributed by atoms with Crippen molar-refractivity contribution in [2.45, 2.75) is 20.3 Å². The van der Waals surface area contributed by atoms with Gasteiger partial charge in [-0.3, -0.25) is 4.57 Å². The molecular weight excluding hydrogens is 262 g/mol. The molecule has 2 heterocycles. The van der Waals surface area contributed by atoms with Crippen molar-refractivity contribution in [3.8, 4) is 11.8 Å². The zero-order valence-corrected chi connectivity index (χ0v) is 12.0. The monoisotopic (exact) mass is 277 g/mol. The molecule has 0 amide bonds. The number of aryl methyl sites for hydroxylation is 1. The molecule has 0 spiro atoms. The van der Waals surface area contributed by atoms with E-state index < -0.39 is 0 Å². The highest BCUT2D eigenvalue weighted by Crippen LogP contribution is 2.29. The lowest BCUT2D eigenvalue weighted by molar-refractivity contribution is 1.01. The molecule has 0 aliphatic heterocycles. The SMILES string of the molecule is Cc1c(C)n(-c2ccc(CC#N)cc2)c2ncnc(N)c12. The Morgan fingerprint density at radius 2 is 1.90 bits per heavy atom. The van der Waals surface area contributed by atoms with Crippen molar-refractivity contribution in [3.63, 3.8) is 0 Å². The minimum atomic E-state index is 0.417. The minimum Gasteiger partial charge on any atom is -0.383 e. The van der Waals surface area contributed by atoms with Crippen LogP contribution in [0.4, 0.5) is 5.82 Å². The van der Waals surface area contributed by atoms with Crippen LogP contribution in [-0.2, 0) is 6.42 Å². The molecule has 0 radical (unpaired) electrons. The van der Waals surface area contributed by atoms with Crippen molar-refractivity contribution in [3.05, 3.63) is 47.4 Å². The third-order valence-electron chi connectivity index (χ3n) is 3.80. The molecule has 1 aromatic carbocycles. The van der Waals surface area contributed by atoms with Gasteiger partial charge in [-0.05, 0) is 37.1 Å². The van der Waals surface area contributed by atoms with E-state index in [0.717, 1.165) is 33.5 Å². The molecule has 5 heteroatoms. The molecular formula is C16H15N5. The summed E-state index contributed by atoms with van der Waals surface area (Å²) >= 11 is 0. The summed E-state index contributed by atoms with van der Waals surface area (Å²) in [5.74, 6) is 0.500. The Balaban J connectivity index is 2.23. The normalized spacial score (nSPS) is 10.7. The van der Waals surface area contributed by atoms with Crippen LogP contribution in [0.5, 0.6) is 0 Å². The maximum atomic E-state index is 8.74. The van der Waals surface area contributed by atoms with E-state index in [2.05, 4.69) is 20.6 Å². The van der Waals surface area contributed by atoms with Crippen LogP contribution in [0, 0.1) is 25.2 Å². The zero-order valence-electron chi connectivity index (χ0n) is 12.0. The lowest BCUT2D eigenvalue weighted by atomic mass is 10.1. The van der Waals surface area contributed by atoms with Crippen molar-refractivity contribution in [1.82, 2.24) is 14.5 Å². The quantitative estimate of drug-likeness (QED) is 0.781. The minimum absolute atomic E-state index is 0.417. The van der Waals surface area contributed by atoms with Gasteiger partial charge < -0.3 is 5.73 Å². The molecule has 5 nitrogen and oxygen atoms in total. The van der Waals surface area contributed by atoms with Crippen LogP contribution in [0.25, 0.3) is 16.7 Å². The number of hydrogen-bond donors (Lipinski definition) is 1. The fraction of sp³-hybridized carbons (Fsp3) is 0.188. The fourth-order valence-corrected chi connectivity index (χ4v) is 2.60. The van der Waals surface area contributed by atoms with Crippen molar-refractivity contribution >= 4 is 16.9 Å². The number of nitrogens with zero attached hydrogens (tertiary/aromatic N) is 4. The second-order valence-corrected chi connectivity index (χ2v) is 5.00. The summed E-state index contributed by atoms with van der Waals surface area (Å²) in [7, 11) is 0. The maximum Gasteiger partial charge on any atom is 0.150 e. The summed E-state index contributed by atoms with van der Waals surface area (Å²) in [6.45, 7) is 4.07. The van der Waals surface area contributed by atoms with Crippen LogP contribution in [0.15, 0.2) is 30.6 Å². The fourth-order valence-electron chi connectivity index (χ4n) is 2.60. The van der Waals surface area contributed by atoms with Crippen molar-refractivity contribution in [1.29, 1.82) is 5.26 Å². The summed E-state index contributed by atoms with van der Waals surface area (Å²) < 4.78 is 2.07. The van der Waals surface area contributed by atoms with E-state index in [-0.39, 0.29) is 0 Å². The predicted octanol–water partition coefficient (Wildman–Crippen LogP) is 2.69. The van der Waals surface area contributed by atoms with Gasteiger partial charge >= 0.3 is 0 Å². The van der Waals surface area contributed by atoms with Gasteiger partial charge in [-0.2, -0.15) is 5.26 Å². The first kappa shape index (κ1) is 13.1. The van der Waals surface area contributed by atoms with Crippen molar-refractivity contribution in [2.24, 2.45) is 0 Å². The molecule has 3 aromatic rings. The Morgan fingerprint density at radius 3 is 2.57 bits per heavy atom. The number of aromatic nitrogens is 3.